The lowest BCUT2D eigenvalue weighted by Crippen LogP contribution is -2.07. The zero-order valence-corrected chi connectivity index (χ0v) is 10.3. The molecule has 0 aliphatic heterocycles. The Balaban J connectivity index is 2.38. The minimum absolute atomic E-state index is 0.330. The van der Waals surface area contributed by atoms with Crippen LogP contribution in [0.25, 0.3) is 0 Å². The summed E-state index contributed by atoms with van der Waals surface area (Å²) in [6.45, 7) is 0. The maximum absolute atomic E-state index is 13.7. The third-order valence-corrected chi connectivity index (χ3v) is 2.59. The van der Waals surface area contributed by atoms with Crippen molar-refractivity contribution in [1.29, 1.82) is 0 Å². The van der Waals surface area contributed by atoms with Gasteiger partial charge >= 0.3 is 12.1 Å². The second-order valence-corrected chi connectivity index (χ2v) is 4.05. The molecule has 21 heavy (non-hydrogen) atoms. The fourth-order valence-corrected chi connectivity index (χ4v) is 1.62. The summed E-state index contributed by atoms with van der Waals surface area (Å²) in [6.07, 6.45) is -4.64. The van der Waals surface area contributed by atoms with E-state index in [9.17, 15) is 22.4 Å². The first kappa shape index (κ1) is 14.8. The molecule has 0 spiro atoms. The van der Waals surface area contributed by atoms with Gasteiger partial charge in [0.25, 0.3) is 0 Å². The number of hydrogen-bond acceptors (Lipinski definition) is 2. The summed E-state index contributed by atoms with van der Waals surface area (Å²) in [5.74, 6) is -3.47. The summed E-state index contributed by atoms with van der Waals surface area (Å²) >= 11 is 0. The Hall–Kier alpha value is -2.57. The topological polar surface area (TPSA) is 46.5 Å². The zero-order valence-electron chi connectivity index (χ0n) is 10.3. The normalized spacial score (nSPS) is 11.2. The SMILES string of the molecule is O=C(O)c1ccc(Oc2ccccc2C(F)(F)F)c(F)c1. The quantitative estimate of drug-likeness (QED) is 0.858. The maximum Gasteiger partial charge on any atom is 0.419 e. The lowest BCUT2D eigenvalue weighted by molar-refractivity contribution is -0.138. The Morgan fingerprint density at radius 1 is 1.05 bits per heavy atom. The molecule has 3 nitrogen and oxygen atoms in total. The predicted molar refractivity (Wildman–Crippen MR) is 64.9 cm³/mol. The predicted octanol–water partition coefficient (Wildman–Crippen LogP) is 4.34. The number of carbonyl (C=O) groups is 1. The van der Waals surface area contributed by atoms with Crippen molar-refractivity contribution < 1.29 is 32.2 Å². The van der Waals surface area contributed by atoms with Gasteiger partial charge in [-0.2, -0.15) is 13.2 Å². The number of halogens is 4. The molecule has 0 saturated carbocycles. The van der Waals surface area contributed by atoms with Crippen LogP contribution >= 0.6 is 0 Å². The first-order valence-corrected chi connectivity index (χ1v) is 5.66. The van der Waals surface area contributed by atoms with Crippen LogP contribution in [-0.2, 0) is 6.18 Å². The van der Waals surface area contributed by atoms with Crippen LogP contribution in [0.3, 0.4) is 0 Å². The van der Waals surface area contributed by atoms with Gasteiger partial charge in [-0.3, -0.25) is 0 Å². The van der Waals surface area contributed by atoms with Crippen LogP contribution < -0.4 is 4.74 Å². The first-order chi connectivity index (χ1) is 9.79. The molecule has 0 aliphatic rings. The average Bonchev–Trinajstić information content (AvgIpc) is 2.40. The van der Waals surface area contributed by atoms with Gasteiger partial charge in [0.05, 0.1) is 11.1 Å². The number of carboxylic acids is 1. The van der Waals surface area contributed by atoms with E-state index in [-0.39, 0.29) is 5.56 Å². The Bertz CT molecular complexity index is 680. The number of benzene rings is 2. The summed E-state index contributed by atoms with van der Waals surface area (Å²) < 4.78 is 56.9. The van der Waals surface area contributed by atoms with Crippen molar-refractivity contribution in [3.8, 4) is 11.5 Å². The van der Waals surface area contributed by atoms with Gasteiger partial charge in [-0.1, -0.05) is 12.1 Å². The Kier molecular flexibility index (Phi) is 3.84. The van der Waals surface area contributed by atoms with E-state index >= 15 is 0 Å². The molecule has 0 unspecified atom stereocenters. The molecule has 2 aromatic rings. The summed E-state index contributed by atoms with van der Waals surface area (Å²) in [5.41, 5.74) is -1.38. The summed E-state index contributed by atoms with van der Waals surface area (Å²) in [7, 11) is 0. The summed E-state index contributed by atoms with van der Waals surface area (Å²) in [5, 5.41) is 8.68. The molecule has 0 fully saturated rings. The van der Waals surface area contributed by atoms with Crippen molar-refractivity contribution in [1.82, 2.24) is 0 Å². The van der Waals surface area contributed by atoms with E-state index in [4.69, 9.17) is 9.84 Å². The molecule has 0 bridgehead atoms. The van der Waals surface area contributed by atoms with Gasteiger partial charge in [-0.15, -0.1) is 0 Å². The molecule has 7 heteroatoms. The van der Waals surface area contributed by atoms with Gasteiger partial charge in [0, 0.05) is 0 Å². The highest BCUT2D eigenvalue weighted by molar-refractivity contribution is 5.87. The second-order valence-electron chi connectivity index (χ2n) is 4.05. The van der Waals surface area contributed by atoms with Gasteiger partial charge in [0.1, 0.15) is 5.75 Å². The minimum Gasteiger partial charge on any atom is -0.478 e. The van der Waals surface area contributed by atoms with E-state index in [1.807, 2.05) is 0 Å². The van der Waals surface area contributed by atoms with Crippen molar-refractivity contribution in [3.05, 3.63) is 59.4 Å². The highest BCUT2D eigenvalue weighted by Gasteiger charge is 2.34. The molecule has 1 N–H and O–H groups in total. The number of ether oxygens (including phenoxy) is 1. The Morgan fingerprint density at radius 2 is 1.71 bits per heavy atom. The van der Waals surface area contributed by atoms with E-state index in [0.29, 0.717) is 6.07 Å². The molecule has 0 heterocycles. The molecular weight excluding hydrogens is 292 g/mol. The van der Waals surface area contributed by atoms with Crippen molar-refractivity contribution in [2.45, 2.75) is 6.18 Å². The number of aromatic carboxylic acids is 1. The second kappa shape index (κ2) is 5.43. The van der Waals surface area contributed by atoms with Crippen molar-refractivity contribution in [2.24, 2.45) is 0 Å². The number of carboxylic acid groups (broad SMARTS) is 1. The molecule has 0 saturated heterocycles. The third-order valence-electron chi connectivity index (χ3n) is 2.59. The standard InChI is InChI=1S/C14H8F4O3/c15-10-7-8(13(19)20)5-6-12(10)21-11-4-2-1-3-9(11)14(16,17)18/h1-7H,(H,19,20). The molecule has 110 valence electrons. The largest absolute Gasteiger partial charge is 0.478 e. The van der Waals surface area contributed by atoms with Gasteiger partial charge in [-0.05, 0) is 30.3 Å². The fourth-order valence-electron chi connectivity index (χ4n) is 1.62. The summed E-state index contributed by atoms with van der Waals surface area (Å²) in [6, 6.07) is 7.02. The van der Waals surface area contributed by atoms with Crippen LogP contribution in [0.5, 0.6) is 11.5 Å². The van der Waals surface area contributed by atoms with Crippen LogP contribution in [0.1, 0.15) is 15.9 Å². The van der Waals surface area contributed by atoms with Crippen LogP contribution in [0.4, 0.5) is 17.6 Å². The average molecular weight is 300 g/mol. The number of hydrogen-bond donors (Lipinski definition) is 1. The number of rotatable bonds is 3. The molecule has 0 aliphatic carbocycles. The van der Waals surface area contributed by atoms with Crippen LogP contribution in [0.2, 0.25) is 0 Å². The van der Waals surface area contributed by atoms with E-state index in [0.717, 1.165) is 24.3 Å². The first-order valence-electron chi connectivity index (χ1n) is 5.66. The third kappa shape index (κ3) is 3.31. The minimum atomic E-state index is -4.64. The maximum atomic E-state index is 13.7. The Labute approximate surface area is 116 Å². The van der Waals surface area contributed by atoms with E-state index in [2.05, 4.69) is 0 Å². The van der Waals surface area contributed by atoms with Crippen LogP contribution in [0, 0.1) is 5.82 Å². The molecule has 2 aromatic carbocycles. The van der Waals surface area contributed by atoms with Crippen molar-refractivity contribution >= 4 is 5.97 Å². The molecule has 0 amide bonds. The van der Waals surface area contributed by atoms with E-state index < -0.39 is 35.0 Å². The van der Waals surface area contributed by atoms with Gasteiger partial charge in [0.2, 0.25) is 0 Å². The van der Waals surface area contributed by atoms with Gasteiger partial charge in [0.15, 0.2) is 11.6 Å². The van der Waals surface area contributed by atoms with Gasteiger partial charge in [-0.25, -0.2) is 9.18 Å². The number of alkyl halides is 3. The molecular formula is C14H8F4O3. The summed E-state index contributed by atoms with van der Waals surface area (Å²) in [4.78, 5) is 10.7. The van der Waals surface area contributed by atoms with E-state index in [1.165, 1.54) is 12.1 Å². The lowest BCUT2D eigenvalue weighted by Gasteiger charge is -2.13. The fraction of sp³-hybridized carbons (Fsp3) is 0.0714. The lowest BCUT2D eigenvalue weighted by atomic mass is 10.2. The molecule has 2 rings (SSSR count). The van der Waals surface area contributed by atoms with Crippen LogP contribution in [0.15, 0.2) is 42.5 Å². The monoisotopic (exact) mass is 300 g/mol. The highest BCUT2D eigenvalue weighted by atomic mass is 19.4. The zero-order chi connectivity index (χ0) is 15.6. The van der Waals surface area contributed by atoms with Crippen molar-refractivity contribution in [3.63, 3.8) is 0 Å². The van der Waals surface area contributed by atoms with Crippen LogP contribution in [-0.4, -0.2) is 11.1 Å². The molecule has 0 aromatic heterocycles. The van der Waals surface area contributed by atoms with Crippen molar-refractivity contribution in [2.75, 3.05) is 0 Å². The van der Waals surface area contributed by atoms with E-state index in [1.54, 1.807) is 0 Å². The smallest absolute Gasteiger partial charge is 0.419 e. The van der Waals surface area contributed by atoms with Gasteiger partial charge < -0.3 is 9.84 Å². The molecule has 0 atom stereocenters. The number of para-hydroxylation sites is 1. The Morgan fingerprint density at radius 3 is 2.29 bits per heavy atom. The highest BCUT2D eigenvalue weighted by Crippen LogP contribution is 2.38. The molecule has 0 radical (unpaired) electrons.